The summed E-state index contributed by atoms with van der Waals surface area (Å²) >= 11 is 0. The summed E-state index contributed by atoms with van der Waals surface area (Å²) in [5.74, 6) is -1.75. The number of non-ortho nitro benzene ring substituents is 1. The monoisotopic (exact) mass is 400 g/mol. The van der Waals surface area contributed by atoms with E-state index in [0.29, 0.717) is 11.6 Å². The highest BCUT2D eigenvalue weighted by Crippen LogP contribution is 2.38. The number of hydrogen-bond acceptors (Lipinski definition) is 4. The van der Waals surface area contributed by atoms with E-state index < -0.39 is 52.5 Å². The van der Waals surface area contributed by atoms with Crippen molar-refractivity contribution < 1.29 is 32.0 Å². The van der Waals surface area contributed by atoms with E-state index in [0.717, 1.165) is 12.1 Å². The first-order chi connectivity index (χ1) is 13.0. The lowest BCUT2D eigenvalue weighted by Crippen LogP contribution is -2.33. The fourth-order valence-electron chi connectivity index (χ4n) is 2.40. The molecule has 0 radical (unpaired) electrons. The molecule has 0 spiro atoms. The molecule has 1 amide bonds. The Labute approximate surface area is 157 Å². The summed E-state index contributed by atoms with van der Waals surface area (Å²) < 4.78 is 57.4. The third-order valence-electron chi connectivity index (χ3n) is 4.16. The Morgan fingerprint density at radius 2 is 1.82 bits per heavy atom. The number of nitrogens with zero attached hydrogens (tertiary/aromatic N) is 2. The Balaban J connectivity index is 2.13. The van der Waals surface area contributed by atoms with Crippen LogP contribution < -0.4 is 4.74 Å². The van der Waals surface area contributed by atoms with E-state index in [2.05, 4.69) is 0 Å². The van der Waals surface area contributed by atoms with Crippen LogP contribution in [0.4, 0.5) is 23.2 Å². The van der Waals surface area contributed by atoms with E-state index >= 15 is 0 Å². The van der Waals surface area contributed by atoms with Crippen LogP contribution in [-0.2, 0) is 11.0 Å². The Kier molecular flexibility index (Phi) is 6.22. The molecule has 2 aromatic carbocycles. The molecule has 28 heavy (non-hydrogen) atoms. The van der Waals surface area contributed by atoms with Crippen LogP contribution in [0.3, 0.4) is 0 Å². The SMILES string of the molecule is CC(c1ccc(F)cc1)N(C)C(=O)COc1ccc([N+](=O)[O-])cc1C(F)(F)F. The average molecular weight is 400 g/mol. The van der Waals surface area contributed by atoms with Crippen LogP contribution in [-0.4, -0.2) is 29.4 Å². The Morgan fingerprint density at radius 3 is 2.36 bits per heavy atom. The second-order valence-electron chi connectivity index (χ2n) is 5.96. The Hall–Kier alpha value is -3.17. The highest BCUT2D eigenvalue weighted by molar-refractivity contribution is 5.78. The van der Waals surface area contributed by atoms with Crippen molar-refractivity contribution in [1.29, 1.82) is 0 Å². The van der Waals surface area contributed by atoms with E-state index in [1.165, 1.54) is 36.2 Å². The number of carbonyl (C=O) groups is 1. The van der Waals surface area contributed by atoms with Crippen molar-refractivity contribution in [1.82, 2.24) is 4.90 Å². The van der Waals surface area contributed by atoms with E-state index in [9.17, 15) is 32.5 Å². The lowest BCUT2D eigenvalue weighted by Gasteiger charge is -2.25. The smallest absolute Gasteiger partial charge is 0.420 e. The molecule has 0 fully saturated rings. The first kappa shape index (κ1) is 21.1. The normalized spacial score (nSPS) is 12.4. The lowest BCUT2D eigenvalue weighted by atomic mass is 10.1. The van der Waals surface area contributed by atoms with Gasteiger partial charge in [0.05, 0.1) is 11.0 Å². The number of nitro benzene ring substituents is 1. The van der Waals surface area contributed by atoms with Crippen molar-refractivity contribution in [2.24, 2.45) is 0 Å². The molecule has 0 N–H and O–H groups in total. The van der Waals surface area contributed by atoms with Gasteiger partial charge in [-0.3, -0.25) is 14.9 Å². The van der Waals surface area contributed by atoms with Crippen molar-refractivity contribution in [2.45, 2.75) is 19.1 Å². The number of hydrogen-bond donors (Lipinski definition) is 0. The van der Waals surface area contributed by atoms with Crippen LogP contribution in [0.15, 0.2) is 42.5 Å². The van der Waals surface area contributed by atoms with Gasteiger partial charge in [-0.05, 0) is 30.7 Å². The minimum Gasteiger partial charge on any atom is -0.483 e. The summed E-state index contributed by atoms with van der Waals surface area (Å²) in [5, 5.41) is 10.7. The number of alkyl halides is 3. The van der Waals surface area contributed by atoms with Crippen molar-refractivity contribution >= 4 is 11.6 Å². The summed E-state index contributed by atoms with van der Waals surface area (Å²) in [6, 6.07) is 6.98. The quantitative estimate of drug-likeness (QED) is 0.411. The molecule has 0 saturated heterocycles. The highest BCUT2D eigenvalue weighted by atomic mass is 19.4. The molecule has 2 rings (SSSR count). The van der Waals surface area contributed by atoms with Crippen molar-refractivity contribution in [3.63, 3.8) is 0 Å². The van der Waals surface area contributed by atoms with Gasteiger partial charge in [-0.1, -0.05) is 12.1 Å². The Bertz CT molecular complexity index is 869. The van der Waals surface area contributed by atoms with Gasteiger partial charge in [-0.25, -0.2) is 4.39 Å². The number of benzene rings is 2. The van der Waals surface area contributed by atoms with Crippen LogP contribution in [0.5, 0.6) is 5.75 Å². The van der Waals surface area contributed by atoms with Gasteiger partial charge in [0.1, 0.15) is 17.1 Å². The van der Waals surface area contributed by atoms with Gasteiger partial charge >= 0.3 is 6.18 Å². The average Bonchev–Trinajstić information content (AvgIpc) is 2.64. The fraction of sp³-hybridized carbons (Fsp3) is 0.278. The molecule has 0 aliphatic rings. The molecular formula is C18H16F4N2O4. The summed E-state index contributed by atoms with van der Waals surface area (Å²) in [7, 11) is 1.43. The number of amides is 1. The molecular weight excluding hydrogens is 384 g/mol. The highest BCUT2D eigenvalue weighted by Gasteiger charge is 2.36. The number of likely N-dealkylation sites (N-methyl/N-ethyl adjacent to an activating group) is 1. The van der Waals surface area contributed by atoms with Crippen LogP contribution in [0.25, 0.3) is 0 Å². The predicted octanol–water partition coefficient (Wildman–Crippen LogP) is 4.35. The standard InChI is InChI=1S/C18H16F4N2O4/c1-11(12-3-5-13(19)6-4-12)23(2)17(25)10-28-16-8-7-14(24(26)27)9-15(16)18(20,21)22/h3-9,11H,10H2,1-2H3. The molecule has 1 atom stereocenters. The van der Waals surface area contributed by atoms with Crippen molar-refractivity contribution in [2.75, 3.05) is 13.7 Å². The van der Waals surface area contributed by atoms with Crippen LogP contribution >= 0.6 is 0 Å². The maximum Gasteiger partial charge on any atom is 0.420 e. The molecule has 1 unspecified atom stereocenters. The molecule has 0 saturated carbocycles. The number of carbonyl (C=O) groups excluding carboxylic acids is 1. The number of halogens is 4. The molecule has 10 heteroatoms. The maximum atomic E-state index is 13.1. The van der Waals surface area contributed by atoms with Crippen LogP contribution in [0.2, 0.25) is 0 Å². The molecule has 0 aliphatic heterocycles. The van der Waals surface area contributed by atoms with Gasteiger partial charge in [0.2, 0.25) is 0 Å². The van der Waals surface area contributed by atoms with E-state index in [1.807, 2.05) is 0 Å². The van der Waals surface area contributed by atoms with Gasteiger partial charge in [-0.15, -0.1) is 0 Å². The zero-order chi connectivity index (χ0) is 21.1. The summed E-state index contributed by atoms with van der Waals surface area (Å²) in [6.07, 6.45) is -4.89. The molecule has 6 nitrogen and oxygen atoms in total. The first-order valence-corrected chi connectivity index (χ1v) is 8.00. The second-order valence-corrected chi connectivity index (χ2v) is 5.96. The zero-order valence-corrected chi connectivity index (χ0v) is 14.9. The van der Waals surface area contributed by atoms with Gasteiger partial charge in [0, 0.05) is 19.2 Å². The largest absolute Gasteiger partial charge is 0.483 e. The maximum absolute atomic E-state index is 13.1. The lowest BCUT2D eigenvalue weighted by molar-refractivity contribution is -0.385. The third kappa shape index (κ3) is 4.96. The zero-order valence-electron chi connectivity index (χ0n) is 14.9. The topological polar surface area (TPSA) is 72.7 Å². The predicted molar refractivity (Wildman–Crippen MR) is 91.2 cm³/mol. The van der Waals surface area contributed by atoms with E-state index in [1.54, 1.807) is 6.92 Å². The van der Waals surface area contributed by atoms with E-state index in [-0.39, 0.29) is 0 Å². The summed E-state index contributed by atoms with van der Waals surface area (Å²) in [4.78, 5) is 23.2. The summed E-state index contributed by atoms with van der Waals surface area (Å²) in [6.45, 7) is 0.959. The number of nitro groups is 1. The molecule has 0 aromatic heterocycles. The minimum atomic E-state index is -4.89. The second kappa shape index (κ2) is 8.24. The van der Waals surface area contributed by atoms with Crippen LogP contribution in [0, 0.1) is 15.9 Å². The van der Waals surface area contributed by atoms with Gasteiger partial charge in [0.25, 0.3) is 11.6 Å². The van der Waals surface area contributed by atoms with Gasteiger partial charge in [0.15, 0.2) is 6.61 Å². The molecule has 0 heterocycles. The molecule has 150 valence electrons. The Morgan fingerprint density at radius 1 is 1.21 bits per heavy atom. The molecule has 0 aliphatic carbocycles. The van der Waals surface area contributed by atoms with Crippen LogP contribution in [0.1, 0.15) is 24.1 Å². The molecule has 0 bridgehead atoms. The fourth-order valence-corrected chi connectivity index (χ4v) is 2.40. The van der Waals surface area contributed by atoms with E-state index in [4.69, 9.17) is 4.74 Å². The first-order valence-electron chi connectivity index (χ1n) is 8.00. The van der Waals surface area contributed by atoms with Crippen molar-refractivity contribution in [3.8, 4) is 5.75 Å². The van der Waals surface area contributed by atoms with Gasteiger partial charge in [-0.2, -0.15) is 13.2 Å². The molecule has 2 aromatic rings. The number of ether oxygens (including phenoxy) is 1. The third-order valence-corrected chi connectivity index (χ3v) is 4.16. The summed E-state index contributed by atoms with van der Waals surface area (Å²) in [5.41, 5.74) is -1.46. The van der Waals surface area contributed by atoms with Gasteiger partial charge < -0.3 is 9.64 Å². The number of rotatable bonds is 6. The minimum absolute atomic E-state index is 0.352. The van der Waals surface area contributed by atoms with Crippen molar-refractivity contribution in [3.05, 3.63) is 69.5 Å².